The predicted octanol–water partition coefficient (Wildman–Crippen LogP) is 4.30. The zero-order chi connectivity index (χ0) is 13.5. The average molecular weight is 256 g/mol. The van der Waals surface area contributed by atoms with Crippen LogP contribution in [0.4, 0.5) is 0 Å². The van der Waals surface area contributed by atoms with E-state index in [1.165, 1.54) is 0 Å². The van der Waals surface area contributed by atoms with Crippen LogP contribution in [0.15, 0.2) is 54.6 Å². The summed E-state index contributed by atoms with van der Waals surface area (Å²) in [5.74, 6) is 0.285. The topological polar surface area (TPSA) is 29.5 Å². The molecule has 2 aromatic rings. The van der Waals surface area contributed by atoms with Gasteiger partial charge in [-0.05, 0) is 18.1 Å². The molecule has 0 saturated carbocycles. The normalized spacial score (nSPS) is 12.3. The van der Waals surface area contributed by atoms with E-state index in [1.807, 2.05) is 48.5 Å². The molecule has 2 heteroatoms. The highest BCUT2D eigenvalue weighted by Crippen LogP contribution is 2.32. The Bertz CT molecular complexity index is 494. The molecule has 0 fully saturated rings. The SMILES string of the molecule is CCCCOC(c1ccccc1)c1ccccc1O. The number of ether oxygens (including phenoxy) is 1. The second-order valence-electron chi connectivity index (χ2n) is 4.57. The summed E-state index contributed by atoms with van der Waals surface area (Å²) >= 11 is 0. The minimum absolute atomic E-state index is 0.200. The Morgan fingerprint density at radius 3 is 2.37 bits per heavy atom. The zero-order valence-electron chi connectivity index (χ0n) is 11.3. The van der Waals surface area contributed by atoms with Gasteiger partial charge in [0.25, 0.3) is 0 Å². The molecule has 100 valence electrons. The highest BCUT2D eigenvalue weighted by molar-refractivity contribution is 5.39. The molecule has 1 unspecified atom stereocenters. The first-order valence-corrected chi connectivity index (χ1v) is 6.77. The standard InChI is InChI=1S/C17H20O2/c1-2-3-13-19-17(14-9-5-4-6-10-14)15-11-7-8-12-16(15)18/h4-12,17-18H,2-3,13H2,1H3. The number of rotatable bonds is 6. The molecule has 0 aliphatic carbocycles. The van der Waals surface area contributed by atoms with Crippen LogP contribution in [0.25, 0.3) is 0 Å². The van der Waals surface area contributed by atoms with Crippen molar-refractivity contribution in [2.75, 3.05) is 6.61 Å². The van der Waals surface area contributed by atoms with E-state index in [1.54, 1.807) is 6.07 Å². The highest BCUT2D eigenvalue weighted by atomic mass is 16.5. The van der Waals surface area contributed by atoms with Crippen molar-refractivity contribution < 1.29 is 9.84 Å². The third-order valence-electron chi connectivity index (χ3n) is 3.10. The number of hydrogen-bond donors (Lipinski definition) is 1. The molecule has 0 amide bonds. The maximum absolute atomic E-state index is 10.0. The lowest BCUT2D eigenvalue weighted by atomic mass is 10.0. The first-order chi connectivity index (χ1) is 9.33. The fourth-order valence-corrected chi connectivity index (χ4v) is 2.05. The molecule has 0 bridgehead atoms. The number of phenolic OH excluding ortho intramolecular Hbond substituents is 1. The molecule has 19 heavy (non-hydrogen) atoms. The fraction of sp³-hybridized carbons (Fsp3) is 0.294. The van der Waals surface area contributed by atoms with Crippen LogP contribution in [0.1, 0.15) is 37.0 Å². The molecule has 1 atom stereocenters. The van der Waals surface area contributed by atoms with Gasteiger partial charge in [-0.15, -0.1) is 0 Å². The Balaban J connectivity index is 2.27. The van der Waals surface area contributed by atoms with Crippen LogP contribution in [0, 0.1) is 0 Å². The van der Waals surface area contributed by atoms with E-state index >= 15 is 0 Å². The second kappa shape index (κ2) is 6.95. The van der Waals surface area contributed by atoms with Crippen LogP contribution in [-0.4, -0.2) is 11.7 Å². The molecule has 0 aliphatic rings. The second-order valence-corrected chi connectivity index (χ2v) is 4.57. The van der Waals surface area contributed by atoms with Gasteiger partial charge in [-0.25, -0.2) is 0 Å². The first kappa shape index (κ1) is 13.6. The van der Waals surface area contributed by atoms with Gasteiger partial charge in [-0.1, -0.05) is 61.9 Å². The summed E-state index contributed by atoms with van der Waals surface area (Å²) in [6.07, 6.45) is 1.92. The van der Waals surface area contributed by atoms with E-state index < -0.39 is 0 Å². The molecule has 0 heterocycles. The van der Waals surface area contributed by atoms with E-state index in [-0.39, 0.29) is 11.9 Å². The van der Waals surface area contributed by atoms with Crippen molar-refractivity contribution in [2.45, 2.75) is 25.9 Å². The first-order valence-electron chi connectivity index (χ1n) is 6.77. The van der Waals surface area contributed by atoms with Crippen molar-refractivity contribution in [1.29, 1.82) is 0 Å². The van der Waals surface area contributed by atoms with Gasteiger partial charge in [-0.2, -0.15) is 0 Å². The van der Waals surface area contributed by atoms with Crippen LogP contribution < -0.4 is 0 Å². The summed E-state index contributed by atoms with van der Waals surface area (Å²) in [5, 5.41) is 10.0. The van der Waals surface area contributed by atoms with Gasteiger partial charge in [0.2, 0.25) is 0 Å². The Morgan fingerprint density at radius 2 is 1.68 bits per heavy atom. The Labute approximate surface area is 114 Å². The molecule has 1 N–H and O–H groups in total. The maximum atomic E-state index is 10.0. The number of para-hydroxylation sites is 1. The summed E-state index contributed by atoms with van der Waals surface area (Å²) in [6.45, 7) is 2.84. The number of phenols is 1. The molecule has 2 rings (SSSR count). The van der Waals surface area contributed by atoms with Crippen LogP contribution >= 0.6 is 0 Å². The van der Waals surface area contributed by atoms with E-state index in [9.17, 15) is 5.11 Å². The van der Waals surface area contributed by atoms with Crippen molar-refractivity contribution in [3.63, 3.8) is 0 Å². The average Bonchev–Trinajstić information content (AvgIpc) is 2.46. The van der Waals surface area contributed by atoms with Gasteiger partial charge in [0, 0.05) is 12.2 Å². The van der Waals surface area contributed by atoms with Gasteiger partial charge >= 0.3 is 0 Å². The molecular weight excluding hydrogens is 236 g/mol. The smallest absolute Gasteiger partial charge is 0.121 e. The summed E-state index contributed by atoms with van der Waals surface area (Å²) < 4.78 is 5.98. The maximum Gasteiger partial charge on any atom is 0.121 e. The Morgan fingerprint density at radius 1 is 1.00 bits per heavy atom. The fourth-order valence-electron chi connectivity index (χ4n) is 2.05. The number of hydrogen-bond acceptors (Lipinski definition) is 2. The molecule has 2 nitrogen and oxygen atoms in total. The van der Waals surface area contributed by atoms with E-state index in [2.05, 4.69) is 6.92 Å². The van der Waals surface area contributed by atoms with Gasteiger partial charge in [0.05, 0.1) is 0 Å². The van der Waals surface area contributed by atoms with Gasteiger partial charge in [0.1, 0.15) is 11.9 Å². The van der Waals surface area contributed by atoms with Gasteiger partial charge in [0.15, 0.2) is 0 Å². The minimum Gasteiger partial charge on any atom is -0.508 e. The number of benzene rings is 2. The van der Waals surface area contributed by atoms with Crippen molar-refractivity contribution in [1.82, 2.24) is 0 Å². The largest absolute Gasteiger partial charge is 0.508 e. The number of unbranched alkanes of at least 4 members (excludes halogenated alkanes) is 1. The quantitative estimate of drug-likeness (QED) is 0.781. The molecule has 0 spiro atoms. The molecule has 0 saturated heterocycles. The molecule has 0 radical (unpaired) electrons. The van der Waals surface area contributed by atoms with Crippen molar-refractivity contribution in [3.8, 4) is 5.75 Å². The summed E-state index contributed by atoms with van der Waals surface area (Å²) in [7, 11) is 0. The lowest BCUT2D eigenvalue weighted by Gasteiger charge is -2.19. The lowest BCUT2D eigenvalue weighted by molar-refractivity contribution is 0.0762. The third kappa shape index (κ3) is 3.58. The molecule has 0 aliphatic heterocycles. The molecule has 0 aromatic heterocycles. The van der Waals surface area contributed by atoms with E-state index in [0.29, 0.717) is 6.61 Å². The monoisotopic (exact) mass is 256 g/mol. The highest BCUT2D eigenvalue weighted by Gasteiger charge is 2.17. The van der Waals surface area contributed by atoms with E-state index in [4.69, 9.17) is 4.74 Å². The zero-order valence-corrected chi connectivity index (χ0v) is 11.3. The minimum atomic E-state index is -0.200. The van der Waals surface area contributed by atoms with Gasteiger partial charge < -0.3 is 9.84 Å². The molecule has 2 aromatic carbocycles. The van der Waals surface area contributed by atoms with Gasteiger partial charge in [-0.3, -0.25) is 0 Å². The molecular formula is C17H20O2. The van der Waals surface area contributed by atoms with E-state index in [0.717, 1.165) is 24.0 Å². The van der Waals surface area contributed by atoms with Crippen LogP contribution in [-0.2, 0) is 4.74 Å². The Kier molecular flexibility index (Phi) is 4.99. The predicted molar refractivity (Wildman–Crippen MR) is 77.3 cm³/mol. The summed E-state index contributed by atoms with van der Waals surface area (Å²) in [6, 6.07) is 17.4. The van der Waals surface area contributed by atoms with Crippen molar-refractivity contribution in [3.05, 3.63) is 65.7 Å². The third-order valence-corrected chi connectivity index (χ3v) is 3.10. The number of aromatic hydroxyl groups is 1. The summed E-state index contributed by atoms with van der Waals surface area (Å²) in [5.41, 5.74) is 1.89. The Hall–Kier alpha value is -1.80. The van der Waals surface area contributed by atoms with Crippen LogP contribution in [0.5, 0.6) is 5.75 Å². The summed E-state index contributed by atoms with van der Waals surface area (Å²) in [4.78, 5) is 0. The van der Waals surface area contributed by atoms with Crippen LogP contribution in [0.3, 0.4) is 0 Å². The lowest BCUT2D eigenvalue weighted by Crippen LogP contribution is -2.07. The van der Waals surface area contributed by atoms with Crippen molar-refractivity contribution >= 4 is 0 Å². The van der Waals surface area contributed by atoms with Crippen LogP contribution in [0.2, 0.25) is 0 Å². The van der Waals surface area contributed by atoms with Crippen molar-refractivity contribution in [2.24, 2.45) is 0 Å².